The monoisotopic (exact) mass is 247 g/mol. The lowest BCUT2D eigenvalue weighted by Crippen LogP contribution is -2.25. The van der Waals surface area contributed by atoms with Crippen LogP contribution in [0.5, 0.6) is 0 Å². The first-order chi connectivity index (χ1) is 8.52. The van der Waals surface area contributed by atoms with Crippen LogP contribution in [0.2, 0.25) is 0 Å². The van der Waals surface area contributed by atoms with Crippen LogP contribution in [0.4, 0.5) is 4.39 Å². The summed E-state index contributed by atoms with van der Waals surface area (Å²) in [6.45, 7) is 0.319. The van der Waals surface area contributed by atoms with Gasteiger partial charge in [-0.15, -0.1) is 6.42 Å². The SMILES string of the molecule is C#C/C(=C/CN(C)CC(=O)O)c1cccc(F)c1. The summed E-state index contributed by atoms with van der Waals surface area (Å²) in [5.41, 5.74) is 1.16. The molecule has 1 aromatic carbocycles. The van der Waals surface area contributed by atoms with Gasteiger partial charge in [0.1, 0.15) is 5.82 Å². The van der Waals surface area contributed by atoms with E-state index in [2.05, 4.69) is 5.92 Å². The van der Waals surface area contributed by atoms with Crippen molar-refractivity contribution in [3.63, 3.8) is 0 Å². The standard InChI is InChI=1S/C14H14FNO2/c1-3-11(7-8-16(2)10-14(17)18)12-5-4-6-13(15)9-12/h1,4-7,9H,8,10H2,2H3,(H,17,18)/b11-7-. The smallest absolute Gasteiger partial charge is 0.317 e. The number of hydrogen-bond donors (Lipinski definition) is 1. The highest BCUT2D eigenvalue weighted by Crippen LogP contribution is 2.14. The van der Waals surface area contributed by atoms with E-state index in [1.54, 1.807) is 30.2 Å². The van der Waals surface area contributed by atoms with Gasteiger partial charge in [0.15, 0.2) is 0 Å². The molecule has 0 fully saturated rings. The molecule has 4 heteroatoms. The average Bonchev–Trinajstić information content (AvgIpc) is 2.29. The molecule has 3 nitrogen and oxygen atoms in total. The van der Waals surface area contributed by atoms with Gasteiger partial charge in [0.25, 0.3) is 0 Å². The molecule has 0 amide bonds. The number of allylic oxidation sites excluding steroid dienone is 1. The van der Waals surface area contributed by atoms with Crippen molar-refractivity contribution < 1.29 is 14.3 Å². The summed E-state index contributed by atoms with van der Waals surface area (Å²) in [5.74, 6) is 1.22. The molecule has 94 valence electrons. The number of benzene rings is 1. The second-order valence-electron chi connectivity index (χ2n) is 3.86. The Kier molecular flexibility index (Phi) is 5.09. The number of halogens is 1. The molecule has 1 rings (SSSR count). The fourth-order valence-corrected chi connectivity index (χ4v) is 1.46. The Labute approximate surface area is 106 Å². The third-order valence-corrected chi connectivity index (χ3v) is 2.30. The van der Waals surface area contributed by atoms with E-state index in [1.807, 2.05) is 0 Å². The minimum atomic E-state index is -0.904. The summed E-state index contributed by atoms with van der Waals surface area (Å²) >= 11 is 0. The molecule has 0 radical (unpaired) electrons. The Morgan fingerprint density at radius 3 is 2.89 bits per heavy atom. The second kappa shape index (κ2) is 6.58. The Bertz CT molecular complexity index is 503. The summed E-state index contributed by atoms with van der Waals surface area (Å²) in [4.78, 5) is 12.1. The molecule has 0 aliphatic heterocycles. The number of nitrogens with zero attached hydrogens (tertiary/aromatic N) is 1. The fraction of sp³-hybridized carbons (Fsp3) is 0.214. The van der Waals surface area contributed by atoms with Crippen molar-refractivity contribution in [3.8, 4) is 12.3 Å². The molecule has 0 atom stereocenters. The molecule has 0 heterocycles. The van der Waals surface area contributed by atoms with Crippen molar-refractivity contribution in [2.24, 2.45) is 0 Å². The first-order valence-corrected chi connectivity index (χ1v) is 5.36. The molecule has 0 unspecified atom stereocenters. The minimum Gasteiger partial charge on any atom is -0.480 e. The number of likely N-dealkylation sites (N-methyl/N-ethyl adjacent to an activating group) is 1. The van der Waals surface area contributed by atoms with Crippen LogP contribution in [0.15, 0.2) is 30.3 Å². The Hall–Kier alpha value is -2.12. The zero-order valence-electron chi connectivity index (χ0n) is 10.1. The summed E-state index contributed by atoms with van der Waals surface area (Å²) < 4.78 is 13.1. The van der Waals surface area contributed by atoms with Gasteiger partial charge in [-0.05, 0) is 24.7 Å². The van der Waals surface area contributed by atoms with Crippen LogP contribution in [0.3, 0.4) is 0 Å². The molecule has 0 saturated carbocycles. The maximum Gasteiger partial charge on any atom is 0.317 e. The molecule has 0 bridgehead atoms. The van der Waals surface area contributed by atoms with Crippen molar-refractivity contribution in [2.75, 3.05) is 20.1 Å². The maximum absolute atomic E-state index is 13.1. The van der Waals surface area contributed by atoms with Gasteiger partial charge in [0, 0.05) is 12.1 Å². The summed E-state index contributed by atoms with van der Waals surface area (Å²) in [7, 11) is 1.67. The van der Waals surface area contributed by atoms with Crippen molar-refractivity contribution >= 4 is 11.5 Å². The van der Waals surface area contributed by atoms with Gasteiger partial charge in [-0.1, -0.05) is 24.1 Å². The Morgan fingerprint density at radius 2 is 2.33 bits per heavy atom. The highest BCUT2D eigenvalue weighted by Gasteiger charge is 2.04. The highest BCUT2D eigenvalue weighted by molar-refractivity contribution is 5.78. The lowest BCUT2D eigenvalue weighted by atomic mass is 10.1. The summed E-state index contributed by atoms with van der Waals surface area (Å²) in [6, 6.07) is 5.99. The maximum atomic E-state index is 13.1. The first kappa shape index (κ1) is 13.9. The summed E-state index contributed by atoms with van der Waals surface area (Å²) in [6.07, 6.45) is 7.07. The first-order valence-electron chi connectivity index (χ1n) is 5.36. The Balaban J connectivity index is 2.78. The zero-order valence-corrected chi connectivity index (χ0v) is 10.1. The number of carboxylic acids is 1. The number of carbonyl (C=O) groups is 1. The highest BCUT2D eigenvalue weighted by atomic mass is 19.1. The van der Waals surface area contributed by atoms with Gasteiger partial charge in [0.2, 0.25) is 0 Å². The third-order valence-electron chi connectivity index (χ3n) is 2.30. The number of carboxylic acid groups (broad SMARTS) is 1. The molecule has 1 N–H and O–H groups in total. The van der Waals surface area contributed by atoms with Crippen molar-refractivity contribution in [3.05, 3.63) is 41.7 Å². The third kappa shape index (κ3) is 4.40. The molecule has 1 aromatic rings. The van der Waals surface area contributed by atoms with E-state index in [4.69, 9.17) is 11.5 Å². The second-order valence-corrected chi connectivity index (χ2v) is 3.86. The van der Waals surface area contributed by atoms with Gasteiger partial charge < -0.3 is 5.11 Å². The Morgan fingerprint density at radius 1 is 1.61 bits per heavy atom. The minimum absolute atomic E-state index is 0.0719. The van der Waals surface area contributed by atoms with Crippen LogP contribution in [0, 0.1) is 18.2 Å². The van der Waals surface area contributed by atoms with Gasteiger partial charge >= 0.3 is 5.97 Å². The van der Waals surface area contributed by atoms with E-state index >= 15 is 0 Å². The average molecular weight is 247 g/mol. The van der Waals surface area contributed by atoms with Crippen molar-refractivity contribution in [2.45, 2.75) is 0 Å². The van der Waals surface area contributed by atoms with Gasteiger partial charge in [-0.25, -0.2) is 4.39 Å². The van der Waals surface area contributed by atoms with Crippen LogP contribution in [-0.4, -0.2) is 36.1 Å². The lowest BCUT2D eigenvalue weighted by molar-refractivity contribution is -0.137. The van der Waals surface area contributed by atoms with Crippen molar-refractivity contribution in [1.82, 2.24) is 4.90 Å². The molecular weight excluding hydrogens is 233 g/mol. The largest absolute Gasteiger partial charge is 0.480 e. The topological polar surface area (TPSA) is 40.5 Å². The van der Waals surface area contributed by atoms with Crippen LogP contribution in [0.25, 0.3) is 5.57 Å². The van der Waals surface area contributed by atoms with E-state index in [1.165, 1.54) is 12.1 Å². The number of hydrogen-bond acceptors (Lipinski definition) is 2. The quantitative estimate of drug-likeness (QED) is 0.807. The molecule has 0 saturated heterocycles. The van der Waals surface area contributed by atoms with Crippen LogP contribution in [0.1, 0.15) is 5.56 Å². The number of terminal acetylenes is 1. The normalized spacial score (nSPS) is 11.3. The van der Waals surface area contributed by atoms with Crippen LogP contribution in [-0.2, 0) is 4.79 Å². The summed E-state index contributed by atoms with van der Waals surface area (Å²) in [5, 5.41) is 8.61. The van der Waals surface area contributed by atoms with Crippen molar-refractivity contribution in [1.29, 1.82) is 0 Å². The zero-order chi connectivity index (χ0) is 13.5. The van der Waals surface area contributed by atoms with Gasteiger partial charge in [0.05, 0.1) is 6.54 Å². The van der Waals surface area contributed by atoms with E-state index in [0.717, 1.165) is 0 Å². The van der Waals surface area contributed by atoms with Crippen LogP contribution < -0.4 is 0 Å². The fourth-order valence-electron chi connectivity index (χ4n) is 1.46. The number of rotatable bonds is 5. The predicted octanol–water partition coefficient (Wildman–Crippen LogP) is 1.86. The lowest BCUT2D eigenvalue weighted by Gasteiger charge is -2.11. The van der Waals surface area contributed by atoms with Crippen LogP contribution >= 0.6 is 0 Å². The predicted molar refractivity (Wildman–Crippen MR) is 68.3 cm³/mol. The van der Waals surface area contributed by atoms with Gasteiger partial charge in [-0.3, -0.25) is 9.69 Å². The van der Waals surface area contributed by atoms with E-state index in [-0.39, 0.29) is 12.4 Å². The molecular formula is C14H14FNO2. The van der Waals surface area contributed by atoms with E-state index in [9.17, 15) is 9.18 Å². The molecule has 0 spiro atoms. The molecule has 0 aliphatic rings. The number of aliphatic carboxylic acids is 1. The van der Waals surface area contributed by atoms with E-state index < -0.39 is 5.97 Å². The van der Waals surface area contributed by atoms with Gasteiger partial charge in [-0.2, -0.15) is 0 Å². The molecule has 18 heavy (non-hydrogen) atoms. The molecule has 0 aliphatic carbocycles. The molecule has 0 aromatic heterocycles. The van der Waals surface area contributed by atoms with E-state index in [0.29, 0.717) is 17.7 Å².